The number of nitrogens with one attached hydrogen (secondary N) is 1. The third-order valence-corrected chi connectivity index (χ3v) is 5.14. The summed E-state index contributed by atoms with van der Waals surface area (Å²) in [6, 6.07) is 0. The first-order valence-corrected chi connectivity index (χ1v) is 9.48. The number of piperidine rings is 2. The molecule has 2 fully saturated rings. The number of carbonyl (C=O) groups excluding carboxylic acids is 1. The van der Waals surface area contributed by atoms with Crippen molar-refractivity contribution in [2.24, 2.45) is 16.8 Å². The summed E-state index contributed by atoms with van der Waals surface area (Å²) in [4.78, 5) is 21.1. The van der Waals surface area contributed by atoms with Crippen molar-refractivity contribution >= 4 is 11.9 Å². The van der Waals surface area contributed by atoms with Crippen molar-refractivity contribution < 1.29 is 9.53 Å². The lowest BCUT2D eigenvalue weighted by atomic mass is 9.98. The van der Waals surface area contributed by atoms with Gasteiger partial charge in [0.15, 0.2) is 5.96 Å². The molecule has 6 heteroatoms. The quantitative estimate of drug-likeness (QED) is 0.468. The summed E-state index contributed by atoms with van der Waals surface area (Å²) >= 11 is 0. The highest BCUT2D eigenvalue weighted by Gasteiger charge is 2.28. The number of ether oxygens (including phenoxy) is 1. The number of esters is 1. The van der Waals surface area contributed by atoms with Crippen LogP contribution in [0, 0.1) is 11.8 Å². The van der Waals surface area contributed by atoms with Gasteiger partial charge >= 0.3 is 5.97 Å². The molecule has 0 aromatic heterocycles. The van der Waals surface area contributed by atoms with Crippen LogP contribution in [0.5, 0.6) is 0 Å². The predicted molar refractivity (Wildman–Crippen MR) is 97.1 cm³/mol. The molecule has 1 N–H and O–H groups in total. The molecule has 6 nitrogen and oxygen atoms in total. The summed E-state index contributed by atoms with van der Waals surface area (Å²) in [6.07, 6.45) is 4.54. The van der Waals surface area contributed by atoms with E-state index in [2.05, 4.69) is 27.0 Å². The average Bonchev–Trinajstić information content (AvgIpc) is 2.60. The topological polar surface area (TPSA) is 57.2 Å². The Morgan fingerprint density at radius 3 is 2.67 bits per heavy atom. The fourth-order valence-corrected chi connectivity index (χ4v) is 3.57. The summed E-state index contributed by atoms with van der Waals surface area (Å²) in [5.74, 6) is 1.69. The molecule has 0 radical (unpaired) electrons. The minimum absolute atomic E-state index is 0.0270. The van der Waals surface area contributed by atoms with Crippen molar-refractivity contribution in [2.45, 2.75) is 39.5 Å². The van der Waals surface area contributed by atoms with Gasteiger partial charge in [-0.25, -0.2) is 0 Å². The van der Waals surface area contributed by atoms with Gasteiger partial charge < -0.3 is 19.9 Å². The zero-order chi connectivity index (χ0) is 17.4. The van der Waals surface area contributed by atoms with Crippen LogP contribution in [0.4, 0.5) is 0 Å². The van der Waals surface area contributed by atoms with Crippen molar-refractivity contribution in [3.63, 3.8) is 0 Å². The maximum atomic E-state index is 12.0. The van der Waals surface area contributed by atoms with E-state index in [0.29, 0.717) is 13.2 Å². The van der Waals surface area contributed by atoms with Gasteiger partial charge in [0, 0.05) is 33.2 Å². The number of hydrogen-bond acceptors (Lipinski definition) is 4. The second-order valence-electron chi connectivity index (χ2n) is 7.04. The fraction of sp³-hybridized carbons (Fsp3) is 0.889. The first-order valence-electron chi connectivity index (χ1n) is 9.48. The maximum absolute atomic E-state index is 12.0. The maximum Gasteiger partial charge on any atom is 0.310 e. The van der Waals surface area contributed by atoms with Crippen LogP contribution in [0.2, 0.25) is 0 Å². The van der Waals surface area contributed by atoms with Crippen LogP contribution >= 0.6 is 0 Å². The van der Waals surface area contributed by atoms with Gasteiger partial charge in [-0.1, -0.05) is 6.92 Å². The molecule has 0 aliphatic carbocycles. The molecule has 138 valence electrons. The Labute approximate surface area is 146 Å². The number of guanidine groups is 1. The lowest BCUT2D eigenvalue weighted by Crippen LogP contribution is -2.49. The number of rotatable bonds is 5. The molecule has 0 aromatic rings. The summed E-state index contributed by atoms with van der Waals surface area (Å²) < 4.78 is 5.18. The van der Waals surface area contributed by atoms with Crippen LogP contribution < -0.4 is 5.32 Å². The van der Waals surface area contributed by atoms with Crippen molar-refractivity contribution in [1.29, 1.82) is 0 Å². The second kappa shape index (κ2) is 9.87. The normalized spacial score (nSPS) is 24.0. The van der Waals surface area contributed by atoms with Gasteiger partial charge in [0.25, 0.3) is 0 Å². The molecule has 2 rings (SSSR count). The minimum atomic E-state index is -0.0694. The van der Waals surface area contributed by atoms with E-state index < -0.39 is 0 Å². The van der Waals surface area contributed by atoms with E-state index in [1.807, 2.05) is 14.0 Å². The largest absolute Gasteiger partial charge is 0.466 e. The molecule has 0 aromatic carbocycles. The number of aliphatic imine (C=N–C) groups is 1. The summed E-state index contributed by atoms with van der Waals surface area (Å²) in [7, 11) is 1.82. The second-order valence-corrected chi connectivity index (χ2v) is 7.04. The van der Waals surface area contributed by atoms with Crippen LogP contribution in [0.1, 0.15) is 39.5 Å². The molecule has 2 saturated heterocycles. The van der Waals surface area contributed by atoms with E-state index in [0.717, 1.165) is 44.4 Å². The zero-order valence-electron chi connectivity index (χ0n) is 15.6. The molecule has 1 atom stereocenters. The van der Waals surface area contributed by atoms with E-state index >= 15 is 0 Å². The van der Waals surface area contributed by atoms with Crippen molar-refractivity contribution in [3.8, 4) is 0 Å². The molecular formula is C18H34N4O2. The van der Waals surface area contributed by atoms with Crippen LogP contribution in [0.3, 0.4) is 0 Å². The smallest absolute Gasteiger partial charge is 0.310 e. The van der Waals surface area contributed by atoms with Crippen LogP contribution in [-0.4, -0.2) is 74.7 Å². The first-order chi connectivity index (χ1) is 11.6. The summed E-state index contributed by atoms with van der Waals surface area (Å²) in [5, 5.41) is 3.47. The Morgan fingerprint density at radius 1 is 1.25 bits per heavy atom. The Balaban J connectivity index is 1.75. The summed E-state index contributed by atoms with van der Waals surface area (Å²) in [5.41, 5.74) is 0. The molecule has 0 bridgehead atoms. The van der Waals surface area contributed by atoms with Gasteiger partial charge in [0.05, 0.1) is 12.5 Å². The monoisotopic (exact) mass is 338 g/mol. The predicted octanol–water partition coefficient (Wildman–Crippen LogP) is 1.57. The third-order valence-electron chi connectivity index (χ3n) is 5.14. The van der Waals surface area contributed by atoms with Gasteiger partial charge in [-0.3, -0.25) is 9.79 Å². The molecule has 0 spiro atoms. The zero-order valence-corrected chi connectivity index (χ0v) is 15.6. The van der Waals surface area contributed by atoms with Crippen LogP contribution in [-0.2, 0) is 9.53 Å². The fourth-order valence-electron chi connectivity index (χ4n) is 3.57. The lowest BCUT2D eigenvalue weighted by molar-refractivity contribution is -0.149. The van der Waals surface area contributed by atoms with E-state index in [-0.39, 0.29) is 11.9 Å². The van der Waals surface area contributed by atoms with Crippen molar-refractivity contribution in [2.75, 3.05) is 52.9 Å². The van der Waals surface area contributed by atoms with Crippen LogP contribution in [0.25, 0.3) is 0 Å². The Kier molecular flexibility index (Phi) is 7.82. The minimum Gasteiger partial charge on any atom is -0.466 e. The molecule has 0 saturated carbocycles. The molecule has 1 unspecified atom stereocenters. The number of carbonyl (C=O) groups is 1. The highest BCUT2D eigenvalue weighted by atomic mass is 16.5. The molecule has 24 heavy (non-hydrogen) atoms. The third kappa shape index (κ3) is 5.65. The first kappa shape index (κ1) is 19.0. The van der Waals surface area contributed by atoms with Crippen molar-refractivity contribution in [1.82, 2.24) is 15.1 Å². The lowest BCUT2D eigenvalue weighted by Gasteiger charge is -2.34. The molecule has 2 heterocycles. The van der Waals surface area contributed by atoms with Crippen LogP contribution in [0.15, 0.2) is 4.99 Å². The molecule has 0 amide bonds. The SMILES string of the molecule is CCOC(=O)C1CCCN(C(=NC)NCCN2CCC(C)CC2)C1. The van der Waals surface area contributed by atoms with E-state index in [1.54, 1.807) is 0 Å². The van der Waals surface area contributed by atoms with E-state index in [4.69, 9.17) is 4.74 Å². The van der Waals surface area contributed by atoms with Gasteiger partial charge in [-0.2, -0.15) is 0 Å². The Hall–Kier alpha value is -1.30. The van der Waals surface area contributed by atoms with Crippen molar-refractivity contribution in [3.05, 3.63) is 0 Å². The number of hydrogen-bond donors (Lipinski definition) is 1. The number of nitrogens with zero attached hydrogens (tertiary/aromatic N) is 3. The number of likely N-dealkylation sites (tertiary alicyclic amines) is 2. The average molecular weight is 338 g/mol. The molecule has 2 aliphatic heterocycles. The van der Waals surface area contributed by atoms with Gasteiger partial charge in [0.2, 0.25) is 0 Å². The Morgan fingerprint density at radius 2 is 2.00 bits per heavy atom. The van der Waals surface area contributed by atoms with E-state index in [9.17, 15) is 4.79 Å². The molecule has 2 aliphatic rings. The van der Waals surface area contributed by atoms with Gasteiger partial charge in [-0.05, 0) is 51.6 Å². The molecular weight excluding hydrogens is 304 g/mol. The standard InChI is InChI=1S/C18H34N4O2/c1-4-24-17(23)16-6-5-10-22(14-16)18(19-3)20-9-13-21-11-7-15(2)8-12-21/h15-16H,4-14H2,1-3H3,(H,19,20). The van der Waals surface area contributed by atoms with Gasteiger partial charge in [0.1, 0.15) is 0 Å². The Bertz CT molecular complexity index is 419. The van der Waals surface area contributed by atoms with Gasteiger partial charge in [-0.15, -0.1) is 0 Å². The highest BCUT2D eigenvalue weighted by molar-refractivity contribution is 5.81. The summed E-state index contributed by atoms with van der Waals surface area (Å²) in [6.45, 7) is 10.7. The van der Waals surface area contributed by atoms with E-state index in [1.165, 1.54) is 25.9 Å². The highest BCUT2D eigenvalue weighted by Crippen LogP contribution is 2.18.